The Morgan fingerprint density at radius 1 is 1.08 bits per heavy atom. The predicted molar refractivity (Wildman–Crippen MR) is 93.2 cm³/mol. The highest BCUT2D eigenvalue weighted by Gasteiger charge is 2.61. The third kappa shape index (κ3) is 2.79. The van der Waals surface area contributed by atoms with Crippen molar-refractivity contribution in [2.45, 2.75) is 77.6 Å². The van der Waals surface area contributed by atoms with Gasteiger partial charge in [-0.15, -0.1) is 0 Å². The maximum absolute atomic E-state index is 12.5. The molecule has 4 rings (SSSR count). The average molecular weight is 375 g/mol. The van der Waals surface area contributed by atoms with E-state index in [2.05, 4.69) is 0 Å². The molecular weight excluding hydrogens is 340 g/mol. The van der Waals surface area contributed by atoms with Crippen LogP contribution in [0.1, 0.15) is 77.0 Å². The van der Waals surface area contributed by atoms with E-state index in [0.717, 1.165) is 19.3 Å². The van der Waals surface area contributed by atoms with Crippen LogP contribution in [0.5, 0.6) is 0 Å². The highest BCUT2D eigenvalue weighted by molar-refractivity contribution is 7.80. The van der Waals surface area contributed by atoms with Crippen LogP contribution < -0.4 is 0 Å². The summed E-state index contributed by atoms with van der Waals surface area (Å²) >= 11 is 0. The van der Waals surface area contributed by atoms with Gasteiger partial charge in [0.1, 0.15) is 5.78 Å². The van der Waals surface area contributed by atoms with Gasteiger partial charge in [0.15, 0.2) is 0 Å². The fourth-order valence-corrected chi connectivity index (χ4v) is 7.29. The van der Waals surface area contributed by atoms with Crippen molar-refractivity contribution in [3.8, 4) is 0 Å². The zero-order valence-corrected chi connectivity index (χ0v) is 15.6. The van der Waals surface area contributed by atoms with Crippen LogP contribution in [0, 0.1) is 34.5 Å². The highest BCUT2D eigenvalue weighted by atomic mass is 32.3. The number of Topliss-reactive ketones (excluding diaryl/α,β-unsaturated/α-hetero) is 1. The second-order valence-electron chi connectivity index (χ2n) is 8.97. The molecule has 6 heteroatoms. The quantitative estimate of drug-likeness (QED) is 0.744. The molecule has 0 saturated heterocycles. The monoisotopic (exact) mass is 374 g/mol. The van der Waals surface area contributed by atoms with Crippen LogP contribution in [0.4, 0.5) is 0 Å². The Hall–Kier alpha value is -0.460. The van der Waals surface area contributed by atoms with Crippen molar-refractivity contribution >= 4 is 16.2 Å². The number of ketones is 1. The van der Waals surface area contributed by atoms with Crippen molar-refractivity contribution < 1.29 is 27.4 Å². The molecule has 0 aromatic heterocycles. The van der Waals surface area contributed by atoms with Gasteiger partial charge in [0.25, 0.3) is 0 Å². The molecule has 0 aliphatic heterocycles. The number of carbonyl (C=O) groups excluding carboxylic acids is 1. The summed E-state index contributed by atoms with van der Waals surface area (Å²) in [7, 11) is -4.53. The molecule has 25 heavy (non-hydrogen) atoms. The van der Waals surface area contributed by atoms with Crippen molar-refractivity contribution in [1.82, 2.24) is 0 Å². The van der Waals surface area contributed by atoms with E-state index in [1.807, 2.05) is 13.8 Å². The van der Waals surface area contributed by atoms with Crippen molar-refractivity contribution in [2.24, 2.45) is 34.5 Å². The van der Waals surface area contributed by atoms with Crippen molar-refractivity contribution in [1.29, 1.82) is 0 Å². The largest absolute Gasteiger partial charge is 0.397 e. The maximum atomic E-state index is 12.5. The first-order valence-electron chi connectivity index (χ1n) is 11.3. The molecular formula is C19H30O5S. The first-order valence-corrected chi connectivity index (χ1v) is 10.7. The summed E-state index contributed by atoms with van der Waals surface area (Å²) in [5, 5.41) is 0. The molecule has 1 N–H and O–H groups in total. The Kier molecular flexibility index (Phi) is 3.15. The van der Waals surface area contributed by atoms with E-state index in [0.29, 0.717) is 19.3 Å². The summed E-state index contributed by atoms with van der Waals surface area (Å²) in [5.41, 5.74) is -1.00. The number of rotatable bonds is 2. The minimum Gasteiger partial charge on any atom is -0.300 e. The molecule has 0 aromatic carbocycles. The number of fused-ring (bicyclic) bond motifs is 5. The summed E-state index contributed by atoms with van der Waals surface area (Å²) in [6, 6.07) is 0. The predicted octanol–water partition coefficient (Wildman–Crippen LogP) is 3.79. The van der Waals surface area contributed by atoms with Crippen LogP contribution in [0.3, 0.4) is 0 Å². The summed E-state index contributed by atoms with van der Waals surface area (Å²) in [4.78, 5) is 12.5. The van der Waals surface area contributed by atoms with E-state index in [-0.39, 0.29) is 29.6 Å². The van der Waals surface area contributed by atoms with Gasteiger partial charge in [-0.2, -0.15) is 8.42 Å². The molecule has 0 aromatic rings. The standard InChI is InChI=1S/C19H30O5S/c1-18-9-7-13(20)11-12(18)3-4-14-15-5-6-17(24-25(21,22)23)19(15,2)10-8-16(14)18/h12,14-17H,3-11H2,1-2H3,(H,21,22,23)/t12-,14-,15-,16-,17-,18-,19-/m0/s1/i7D2,11D2. The molecule has 5 nitrogen and oxygen atoms in total. The SMILES string of the molecule is [2H]C1([2H])C[C@]2(C)[C@H]3CC[C@]4(C)[C@@H](OS(=O)(=O)O)CC[C@H]4[C@@H]3CC[C@H]2C([2H])([2H])C1=O. The zero-order valence-electron chi connectivity index (χ0n) is 18.8. The van der Waals surface area contributed by atoms with Gasteiger partial charge >= 0.3 is 10.4 Å². The van der Waals surface area contributed by atoms with E-state index in [1.54, 1.807) is 0 Å². The lowest BCUT2D eigenvalue weighted by atomic mass is 9.45. The van der Waals surface area contributed by atoms with Gasteiger partial charge in [0.05, 0.1) is 6.10 Å². The highest BCUT2D eigenvalue weighted by Crippen LogP contribution is 2.66. The van der Waals surface area contributed by atoms with E-state index in [4.69, 9.17) is 9.67 Å². The fraction of sp³-hybridized carbons (Fsp3) is 0.947. The van der Waals surface area contributed by atoms with E-state index >= 15 is 0 Å². The van der Waals surface area contributed by atoms with E-state index < -0.39 is 46.4 Å². The molecule has 0 heterocycles. The molecule has 4 fully saturated rings. The van der Waals surface area contributed by atoms with Gasteiger partial charge in [-0.05, 0) is 79.4 Å². The van der Waals surface area contributed by atoms with Crippen LogP contribution in [0.2, 0.25) is 0 Å². The van der Waals surface area contributed by atoms with Gasteiger partial charge in [0.2, 0.25) is 0 Å². The third-order valence-electron chi connectivity index (χ3n) is 7.95. The number of hydrogen-bond acceptors (Lipinski definition) is 4. The molecule has 4 aliphatic rings. The smallest absolute Gasteiger partial charge is 0.300 e. The molecule has 0 radical (unpaired) electrons. The first-order chi connectivity index (χ1) is 13.1. The van der Waals surface area contributed by atoms with Crippen LogP contribution >= 0.6 is 0 Å². The fourth-order valence-electron chi connectivity index (χ4n) is 6.68. The Morgan fingerprint density at radius 3 is 2.52 bits per heavy atom. The molecule has 0 spiro atoms. The lowest BCUT2D eigenvalue weighted by molar-refractivity contribution is -0.141. The van der Waals surface area contributed by atoms with Crippen LogP contribution in [0.25, 0.3) is 0 Å². The Morgan fingerprint density at radius 2 is 1.80 bits per heavy atom. The molecule has 0 unspecified atom stereocenters. The summed E-state index contributed by atoms with van der Waals surface area (Å²) < 4.78 is 70.1. The zero-order chi connectivity index (χ0) is 21.6. The molecule has 142 valence electrons. The number of carbonyl (C=O) groups is 1. The van der Waals surface area contributed by atoms with E-state index in [1.165, 1.54) is 0 Å². The molecule has 4 saturated carbocycles. The van der Waals surface area contributed by atoms with Gasteiger partial charge in [0, 0.05) is 18.2 Å². The molecule has 0 amide bonds. The lowest BCUT2D eigenvalue weighted by Crippen LogP contribution is -2.54. The Bertz CT molecular complexity index is 830. The summed E-state index contributed by atoms with van der Waals surface area (Å²) in [5.74, 6) is -0.941. The normalized spacial score (nSPS) is 56.4. The van der Waals surface area contributed by atoms with Gasteiger partial charge < -0.3 is 0 Å². The Labute approximate surface area is 156 Å². The third-order valence-corrected chi connectivity index (χ3v) is 8.43. The summed E-state index contributed by atoms with van der Waals surface area (Å²) in [6.45, 7) is 3.98. The lowest BCUT2D eigenvalue weighted by Gasteiger charge is -2.60. The van der Waals surface area contributed by atoms with Crippen molar-refractivity contribution in [2.75, 3.05) is 0 Å². The minimum absolute atomic E-state index is 0.0402. The van der Waals surface area contributed by atoms with Crippen molar-refractivity contribution in [3.05, 3.63) is 0 Å². The second kappa shape index (κ2) is 5.77. The first kappa shape index (κ1) is 13.7. The topological polar surface area (TPSA) is 80.7 Å². The van der Waals surface area contributed by atoms with Gasteiger partial charge in [-0.25, -0.2) is 4.18 Å². The van der Waals surface area contributed by atoms with Crippen LogP contribution in [-0.4, -0.2) is 24.9 Å². The average Bonchev–Trinajstić information content (AvgIpc) is 2.87. The van der Waals surface area contributed by atoms with Gasteiger partial charge in [-0.3, -0.25) is 9.35 Å². The Balaban J connectivity index is 1.67. The van der Waals surface area contributed by atoms with Gasteiger partial charge in [-0.1, -0.05) is 13.8 Å². The van der Waals surface area contributed by atoms with Crippen LogP contribution in [0.15, 0.2) is 0 Å². The van der Waals surface area contributed by atoms with Crippen LogP contribution in [-0.2, 0) is 19.4 Å². The summed E-state index contributed by atoms with van der Waals surface area (Å²) in [6.07, 6.45) is -0.877. The minimum atomic E-state index is -4.53. The molecule has 0 bridgehead atoms. The van der Waals surface area contributed by atoms with Crippen molar-refractivity contribution in [3.63, 3.8) is 0 Å². The maximum Gasteiger partial charge on any atom is 0.397 e. The molecule has 7 atom stereocenters. The second-order valence-corrected chi connectivity index (χ2v) is 10.0. The number of hydrogen-bond donors (Lipinski definition) is 1. The van der Waals surface area contributed by atoms with E-state index in [9.17, 15) is 17.8 Å². The molecule has 4 aliphatic carbocycles.